The van der Waals surface area contributed by atoms with Gasteiger partial charge < -0.3 is 4.90 Å². The Morgan fingerprint density at radius 3 is 2.32 bits per heavy atom. The molecule has 0 spiro atoms. The number of amides is 1. The zero-order valence-electron chi connectivity index (χ0n) is 9.86. The molecule has 0 aliphatic carbocycles. The predicted molar refractivity (Wildman–Crippen MR) is 67.6 cm³/mol. The SMILES string of the molecule is NS(=O)(=O)N1CCN(C(=O)c2ccc(Cl)nn2)CC1. The second-order valence-electron chi connectivity index (χ2n) is 3.98. The fourth-order valence-corrected chi connectivity index (χ4v) is 2.51. The lowest BCUT2D eigenvalue weighted by molar-refractivity contribution is 0.0690. The third-order valence-corrected chi connectivity index (χ3v) is 4.02. The molecule has 0 unspecified atom stereocenters. The molecular weight excluding hydrogens is 294 g/mol. The molecule has 2 N–H and O–H groups in total. The lowest BCUT2D eigenvalue weighted by Crippen LogP contribution is -2.52. The first-order chi connectivity index (χ1) is 8.88. The number of hydrogen-bond acceptors (Lipinski definition) is 5. The minimum atomic E-state index is -3.70. The van der Waals surface area contributed by atoms with Crippen LogP contribution >= 0.6 is 11.6 Å². The van der Waals surface area contributed by atoms with Gasteiger partial charge in [0.05, 0.1) is 0 Å². The van der Waals surface area contributed by atoms with Crippen LogP contribution in [0.5, 0.6) is 0 Å². The van der Waals surface area contributed by atoms with Crippen molar-refractivity contribution in [2.45, 2.75) is 0 Å². The average Bonchev–Trinajstić information content (AvgIpc) is 2.38. The number of rotatable bonds is 2. The van der Waals surface area contributed by atoms with E-state index >= 15 is 0 Å². The Morgan fingerprint density at radius 2 is 1.84 bits per heavy atom. The molecule has 104 valence electrons. The molecule has 2 rings (SSSR count). The minimum Gasteiger partial charge on any atom is -0.335 e. The Hall–Kier alpha value is -1.29. The highest BCUT2D eigenvalue weighted by molar-refractivity contribution is 7.86. The standard InChI is InChI=1S/C9H12ClN5O3S/c10-8-2-1-7(12-13-8)9(16)14-3-5-15(6-4-14)19(11,17)18/h1-2H,3-6H2,(H2,11,17,18). The summed E-state index contributed by atoms with van der Waals surface area (Å²) in [4.78, 5) is 13.5. The van der Waals surface area contributed by atoms with Crippen molar-refractivity contribution in [3.63, 3.8) is 0 Å². The summed E-state index contributed by atoms with van der Waals surface area (Å²) < 4.78 is 23.4. The summed E-state index contributed by atoms with van der Waals surface area (Å²) in [6.07, 6.45) is 0. The van der Waals surface area contributed by atoms with Gasteiger partial charge in [-0.2, -0.15) is 12.7 Å². The summed E-state index contributed by atoms with van der Waals surface area (Å²) >= 11 is 5.59. The molecule has 1 amide bonds. The van der Waals surface area contributed by atoms with Gasteiger partial charge >= 0.3 is 0 Å². The maximum absolute atomic E-state index is 12.0. The van der Waals surface area contributed by atoms with Gasteiger partial charge in [-0.25, -0.2) is 5.14 Å². The van der Waals surface area contributed by atoms with Gasteiger partial charge in [0.15, 0.2) is 10.8 Å². The van der Waals surface area contributed by atoms with Crippen molar-refractivity contribution < 1.29 is 13.2 Å². The van der Waals surface area contributed by atoms with E-state index in [4.69, 9.17) is 16.7 Å². The first-order valence-corrected chi connectivity index (χ1v) is 7.32. The molecule has 10 heteroatoms. The van der Waals surface area contributed by atoms with Crippen LogP contribution in [0.3, 0.4) is 0 Å². The van der Waals surface area contributed by atoms with Crippen LogP contribution in [0.1, 0.15) is 10.5 Å². The molecule has 0 aromatic carbocycles. The van der Waals surface area contributed by atoms with E-state index in [2.05, 4.69) is 10.2 Å². The molecular formula is C9H12ClN5O3S. The number of carbonyl (C=O) groups is 1. The van der Waals surface area contributed by atoms with Crippen LogP contribution in [0, 0.1) is 0 Å². The second kappa shape index (κ2) is 5.37. The summed E-state index contributed by atoms with van der Waals surface area (Å²) in [6, 6.07) is 2.95. The van der Waals surface area contributed by atoms with Gasteiger partial charge in [0.1, 0.15) is 0 Å². The molecule has 1 aliphatic rings. The van der Waals surface area contributed by atoms with Gasteiger partial charge in [0, 0.05) is 26.2 Å². The number of nitrogens with zero attached hydrogens (tertiary/aromatic N) is 4. The Kier molecular flexibility index (Phi) is 3.99. The fourth-order valence-electron chi connectivity index (χ4n) is 1.74. The van der Waals surface area contributed by atoms with E-state index in [0.29, 0.717) is 0 Å². The van der Waals surface area contributed by atoms with Crippen LogP contribution in [0.15, 0.2) is 12.1 Å². The molecule has 8 nitrogen and oxygen atoms in total. The smallest absolute Gasteiger partial charge is 0.277 e. The largest absolute Gasteiger partial charge is 0.335 e. The Balaban J connectivity index is 2.02. The van der Waals surface area contributed by atoms with E-state index < -0.39 is 10.2 Å². The normalized spacial score (nSPS) is 17.5. The molecule has 0 bridgehead atoms. The summed E-state index contributed by atoms with van der Waals surface area (Å²) in [5.41, 5.74) is 0.174. The number of carbonyl (C=O) groups excluding carboxylic acids is 1. The molecule has 0 atom stereocenters. The van der Waals surface area contributed by atoms with Crippen LogP contribution in [-0.4, -0.2) is 59.9 Å². The van der Waals surface area contributed by atoms with E-state index in [0.717, 1.165) is 4.31 Å². The molecule has 2 heterocycles. The first kappa shape index (κ1) is 14.1. The van der Waals surface area contributed by atoms with Crippen LogP contribution in [0.25, 0.3) is 0 Å². The highest BCUT2D eigenvalue weighted by atomic mass is 35.5. The highest BCUT2D eigenvalue weighted by Gasteiger charge is 2.27. The summed E-state index contributed by atoms with van der Waals surface area (Å²) in [5.74, 6) is -0.307. The molecule has 0 radical (unpaired) electrons. The van der Waals surface area contributed by atoms with Gasteiger partial charge in [0.25, 0.3) is 16.1 Å². The highest BCUT2D eigenvalue weighted by Crippen LogP contribution is 2.09. The molecule has 19 heavy (non-hydrogen) atoms. The number of aromatic nitrogens is 2. The van der Waals surface area contributed by atoms with Crippen LogP contribution in [-0.2, 0) is 10.2 Å². The molecule has 1 aliphatic heterocycles. The van der Waals surface area contributed by atoms with E-state index in [9.17, 15) is 13.2 Å². The number of nitrogens with two attached hydrogens (primary N) is 1. The molecule has 1 aromatic rings. The first-order valence-electron chi connectivity index (χ1n) is 5.44. The van der Waals surface area contributed by atoms with E-state index in [-0.39, 0.29) is 42.9 Å². The minimum absolute atomic E-state index is 0.172. The zero-order chi connectivity index (χ0) is 14.0. The maximum Gasteiger partial charge on any atom is 0.277 e. The van der Waals surface area contributed by atoms with Gasteiger partial charge in [-0.15, -0.1) is 10.2 Å². The number of piperazine rings is 1. The third-order valence-electron chi connectivity index (χ3n) is 2.74. The summed E-state index contributed by atoms with van der Waals surface area (Å²) in [7, 11) is -3.70. The van der Waals surface area contributed by atoms with Crippen LogP contribution in [0.4, 0.5) is 0 Å². The van der Waals surface area contributed by atoms with Crippen molar-refractivity contribution in [2.75, 3.05) is 26.2 Å². The van der Waals surface area contributed by atoms with Crippen molar-refractivity contribution >= 4 is 27.7 Å². The Bertz CT molecular complexity index is 568. The van der Waals surface area contributed by atoms with Crippen molar-refractivity contribution in [2.24, 2.45) is 5.14 Å². The second-order valence-corrected chi connectivity index (χ2v) is 5.91. The van der Waals surface area contributed by atoms with Gasteiger partial charge in [-0.05, 0) is 12.1 Å². The van der Waals surface area contributed by atoms with Crippen molar-refractivity contribution in [3.8, 4) is 0 Å². The molecule has 1 aromatic heterocycles. The van der Waals surface area contributed by atoms with Crippen molar-refractivity contribution in [1.29, 1.82) is 0 Å². The number of hydrogen-bond donors (Lipinski definition) is 1. The van der Waals surface area contributed by atoms with Gasteiger partial charge in [-0.1, -0.05) is 11.6 Å². The quantitative estimate of drug-likeness (QED) is 0.761. The summed E-state index contributed by atoms with van der Waals surface area (Å²) in [5, 5.41) is 12.5. The van der Waals surface area contributed by atoms with Gasteiger partial charge in [-0.3, -0.25) is 4.79 Å². The topological polar surface area (TPSA) is 109 Å². The van der Waals surface area contributed by atoms with E-state index in [1.54, 1.807) is 0 Å². The Labute approximate surface area is 115 Å². The molecule has 0 saturated carbocycles. The average molecular weight is 306 g/mol. The van der Waals surface area contributed by atoms with E-state index in [1.165, 1.54) is 17.0 Å². The number of halogens is 1. The lowest BCUT2D eigenvalue weighted by atomic mass is 10.3. The van der Waals surface area contributed by atoms with Crippen molar-refractivity contribution in [3.05, 3.63) is 23.0 Å². The van der Waals surface area contributed by atoms with Gasteiger partial charge in [0.2, 0.25) is 0 Å². The lowest BCUT2D eigenvalue weighted by Gasteiger charge is -2.32. The van der Waals surface area contributed by atoms with Crippen LogP contribution < -0.4 is 5.14 Å². The van der Waals surface area contributed by atoms with Crippen molar-refractivity contribution in [1.82, 2.24) is 19.4 Å². The zero-order valence-corrected chi connectivity index (χ0v) is 11.4. The molecule has 1 saturated heterocycles. The molecule has 1 fully saturated rings. The predicted octanol–water partition coefficient (Wildman–Crippen LogP) is -0.909. The van der Waals surface area contributed by atoms with E-state index in [1.807, 2.05) is 0 Å². The van der Waals surface area contributed by atoms with Crippen LogP contribution in [0.2, 0.25) is 5.15 Å². The third kappa shape index (κ3) is 3.38. The Morgan fingerprint density at radius 1 is 1.21 bits per heavy atom. The maximum atomic E-state index is 12.0. The fraction of sp³-hybridized carbons (Fsp3) is 0.444. The summed E-state index contributed by atoms with van der Waals surface area (Å²) in [6.45, 7) is 0.871. The monoisotopic (exact) mass is 305 g/mol.